The Labute approximate surface area is 233 Å². The quantitative estimate of drug-likeness (QED) is 0.380. The van der Waals surface area contributed by atoms with Crippen molar-refractivity contribution in [2.45, 2.75) is 39.2 Å². The molecule has 10 heteroatoms. The topological polar surface area (TPSA) is 122 Å². The number of anilines is 2. The van der Waals surface area contributed by atoms with Gasteiger partial charge >= 0.3 is 0 Å². The normalized spacial score (nSPS) is 16.0. The number of ether oxygens (including phenoxy) is 2. The molecule has 4 bridgehead atoms. The molecule has 0 unspecified atom stereocenters. The van der Waals surface area contributed by atoms with E-state index in [4.69, 9.17) is 9.47 Å². The molecule has 0 radical (unpaired) electrons. The zero-order chi connectivity index (χ0) is 28.5. The summed E-state index contributed by atoms with van der Waals surface area (Å²) >= 11 is 0. The van der Waals surface area contributed by atoms with Gasteiger partial charge in [-0.2, -0.15) is 5.10 Å². The van der Waals surface area contributed by atoms with Crippen molar-refractivity contribution in [1.82, 2.24) is 15.6 Å². The maximum absolute atomic E-state index is 13.6. The van der Waals surface area contributed by atoms with Crippen molar-refractivity contribution in [3.63, 3.8) is 0 Å². The van der Waals surface area contributed by atoms with Gasteiger partial charge in [-0.3, -0.25) is 14.4 Å². The molecule has 2 N–H and O–H groups in total. The highest BCUT2D eigenvalue weighted by Gasteiger charge is 2.29. The van der Waals surface area contributed by atoms with Crippen LogP contribution in [0.4, 0.5) is 11.5 Å². The summed E-state index contributed by atoms with van der Waals surface area (Å²) in [5.41, 5.74) is 2.41. The van der Waals surface area contributed by atoms with Crippen LogP contribution in [-0.2, 0) is 16.0 Å². The van der Waals surface area contributed by atoms with E-state index in [0.717, 1.165) is 24.0 Å². The lowest BCUT2D eigenvalue weighted by Crippen LogP contribution is -2.48. The highest BCUT2D eigenvalue weighted by atomic mass is 16.5. The Morgan fingerprint density at radius 1 is 1.10 bits per heavy atom. The van der Waals surface area contributed by atoms with Crippen molar-refractivity contribution in [3.8, 4) is 11.5 Å². The van der Waals surface area contributed by atoms with Crippen LogP contribution in [0.1, 0.15) is 41.3 Å². The molecule has 4 aliphatic rings. The molecule has 2 amide bonds. The summed E-state index contributed by atoms with van der Waals surface area (Å²) in [6.07, 6.45) is 3.27. The molecule has 5 heterocycles. The first kappa shape index (κ1) is 28.3. The highest BCUT2D eigenvalue weighted by Crippen LogP contribution is 2.32. The lowest BCUT2D eigenvalue weighted by molar-refractivity contribution is -0.138. The molecule has 3 aromatic rings. The predicted octanol–water partition coefficient (Wildman–Crippen LogP) is 3.74. The Bertz CT molecular complexity index is 1380. The molecule has 1 aromatic heterocycles. The van der Waals surface area contributed by atoms with E-state index in [0.29, 0.717) is 30.4 Å². The van der Waals surface area contributed by atoms with Crippen molar-refractivity contribution in [2.75, 3.05) is 24.8 Å². The Hall–Kier alpha value is -4.73. The average molecular weight is 544 g/mol. The van der Waals surface area contributed by atoms with Crippen LogP contribution in [0, 0.1) is 6.92 Å². The molecule has 4 aliphatic heterocycles. The summed E-state index contributed by atoms with van der Waals surface area (Å²) in [6.45, 7) is 8.67. The molecular weight excluding hydrogens is 510 g/mol. The summed E-state index contributed by atoms with van der Waals surface area (Å²) in [5, 5.41) is 10.9. The second-order valence-corrected chi connectivity index (χ2v) is 9.28. The second kappa shape index (κ2) is 13.4. The SMILES string of the molecule is C=NN1c2ccc(cc2C)OCCCCOc2ccc(cc2)C[C@@H](C(=O)C(=O)NCC)NC(=O)c2cccnc21. The third-order valence-corrected chi connectivity index (χ3v) is 6.39. The lowest BCUT2D eigenvalue weighted by atomic mass is 10.0. The molecule has 208 valence electrons. The first-order chi connectivity index (χ1) is 19.4. The number of benzene rings is 2. The number of likely N-dealkylation sites (N-methyl/N-ethyl adjacent to an activating group) is 1. The van der Waals surface area contributed by atoms with Crippen LogP contribution in [0.2, 0.25) is 0 Å². The van der Waals surface area contributed by atoms with Gasteiger partial charge in [0.25, 0.3) is 11.8 Å². The van der Waals surface area contributed by atoms with Crippen LogP contribution in [-0.4, -0.2) is 55.1 Å². The molecule has 7 rings (SSSR count). The second-order valence-electron chi connectivity index (χ2n) is 9.28. The number of nitrogens with zero attached hydrogens (tertiary/aromatic N) is 3. The van der Waals surface area contributed by atoms with Gasteiger partial charge in [0.2, 0.25) is 5.78 Å². The van der Waals surface area contributed by atoms with Gasteiger partial charge in [-0.1, -0.05) is 12.1 Å². The van der Waals surface area contributed by atoms with Crippen molar-refractivity contribution < 1.29 is 23.9 Å². The highest BCUT2D eigenvalue weighted by molar-refractivity contribution is 6.38. The number of aromatic nitrogens is 1. The number of pyridine rings is 1. The largest absolute Gasteiger partial charge is 0.494 e. The smallest absolute Gasteiger partial charge is 0.289 e. The molecule has 0 spiro atoms. The van der Waals surface area contributed by atoms with Crippen molar-refractivity contribution in [1.29, 1.82) is 0 Å². The van der Waals surface area contributed by atoms with Crippen LogP contribution in [0.3, 0.4) is 0 Å². The van der Waals surface area contributed by atoms with E-state index < -0.39 is 23.6 Å². The number of amides is 2. The van der Waals surface area contributed by atoms with E-state index in [1.807, 2.05) is 37.3 Å². The number of nitrogens with one attached hydrogen (secondary N) is 2. The molecule has 0 aliphatic carbocycles. The number of rotatable bonds is 4. The summed E-state index contributed by atoms with van der Waals surface area (Å²) in [5.74, 6) is -0.472. The standard InChI is InChI=1S/C30H33N5O5/c1-4-32-30(38)27(36)25-19-21-9-11-22(12-10-21)39-16-5-6-17-40-23-13-14-26(20(2)18-23)35(31-3)28-24(29(37)34-25)8-7-15-33-28/h7-15,18,25H,3-6,16-17,19H2,1-2H3,(H,32,38)(H,34,37)/t25-/m0/s1. The predicted molar refractivity (Wildman–Crippen MR) is 152 cm³/mol. The van der Waals surface area contributed by atoms with Gasteiger partial charge in [-0.25, -0.2) is 9.99 Å². The van der Waals surface area contributed by atoms with Gasteiger partial charge in [-0.05, 0) is 80.3 Å². The Balaban J connectivity index is 1.73. The zero-order valence-electron chi connectivity index (χ0n) is 22.7. The van der Waals surface area contributed by atoms with Gasteiger partial charge in [-0.15, -0.1) is 0 Å². The molecule has 2 aromatic carbocycles. The average Bonchev–Trinajstić information content (AvgIpc) is 2.96. The minimum absolute atomic E-state index is 0.110. The Morgan fingerprint density at radius 2 is 1.80 bits per heavy atom. The van der Waals surface area contributed by atoms with Crippen molar-refractivity contribution in [3.05, 3.63) is 77.5 Å². The van der Waals surface area contributed by atoms with E-state index in [1.54, 1.807) is 37.4 Å². The van der Waals surface area contributed by atoms with Gasteiger partial charge in [0.05, 0.1) is 24.5 Å². The van der Waals surface area contributed by atoms with Crippen molar-refractivity contribution in [2.24, 2.45) is 5.10 Å². The van der Waals surface area contributed by atoms with E-state index in [1.165, 1.54) is 5.01 Å². The Morgan fingerprint density at radius 3 is 2.48 bits per heavy atom. The number of carbonyl (C=O) groups is 3. The Kier molecular flexibility index (Phi) is 9.45. The lowest BCUT2D eigenvalue weighted by Gasteiger charge is -2.23. The molecule has 40 heavy (non-hydrogen) atoms. The van der Waals surface area contributed by atoms with Crippen LogP contribution >= 0.6 is 0 Å². The summed E-state index contributed by atoms with van der Waals surface area (Å²) in [6, 6.07) is 14.9. The maximum atomic E-state index is 13.6. The summed E-state index contributed by atoms with van der Waals surface area (Å²) in [4.78, 5) is 43.6. The number of aryl methyl sites for hydroxylation is 1. The molecule has 10 nitrogen and oxygen atoms in total. The third kappa shape index (κ3) is 6.82. The first-order valence-corrected chi connectivity index (χ1v) is 13.2. The fourth-order valence-corrected chi connectivity index (χ4v) is 4.35. The zero-order valence-corrected chi connectivity index (χ0v) is 22.7. The van der Waals surface area contributed by atoms with Gasteiger partial charge < -0.3 is 20.1 Å². The molecule has 0 fully saturated rings. The van der Waals surface area contributed by atoms with E-state index >= 15 is 0 Å². The number of hydrogen-bond donors (Lipinski definition) is 2. The number of ketones is 1. The fraction of sp³-hybridized carbons (Fsp3) is 0.300. The minimum atomic E-state index is -1.11. The van der Waals surface area contributed by atoms with Crippen LogP contribution < -0.4 is 25.1 Å². The molecule has 0 saturated heterocycles. The van der Waals surface area contributed by atoms with E-state index in [-0.39, 0.29) is 24.3 Å². The monoisotopic (exact) mass is 543 g/mol. The first-order valence-electron chi connectivity index (χ1n) is 13.2. The molecular formula is C30H33N5O5. The van der Waals surface area contributed by atoms with Crippen LogP contribution in [0.5, 0.6) is 11.5 Å². The number of carbonyl (C=O) groups excluding carboxylic acids is 3. The van der Waals surface area contributed by atoms with Gasteiger partial charge in [0.15, 0.2) is 5.82 Å². The molecule has 0 saturated carbocycles. The van der Waals surface area contributed by atoms with Crippen LogP contribution in [0.25, 0.3) is 0 Å². The molecule has 1 atom stereocenters. The summed E-state index contributed by atoms with van der Waals surface area (Å²) in [7, 11) is 0. The summed E-state index contributed by atoms with van der Waals surface area (Å²) < 4.78 is 11.8. The van der Waals surface area contributed by atoms with Gasteiger partial charge in [0, 0.05) is 25.9 Å². The minimum Gasteiger partial charge on any atom is -0.494 e. The van der Waals surface area contributed by atoms with E-state index in [2.05, 4.69) is 27.4 Å². The number of Topliss-reactive ketones (excluding diaryl/α,β-unsaturated/α-hetero) is 1. The maximum Gasteiger partial charge on any atom is 0.289 e. The fourth-order valence-electron chi connectivity index (χ4n) is 4.35. The van der Waals surface area contributed by atoms with Crippen molar-refractivity contribution >= 4 is 35.8 Å². The number of hydrazone groups is 1. The van der Waals surface area contributed by atoms with Crippen LogP contribution in [0.15, 0.2) is 65.9 Å². The van der Waals surface area contributed by atoms with Gasteiger partial charge in [0.1, 0.15) is 17.5 Å². The third-order valence-electron chi connectivity index (χ3n) is 6.39. The van der Waals surface area contributed by atoms with E-state index in [9.17, 15) is 14.4 Å². The number of hydrogen-bond acceptors (Lipinski definition) is 8.